The number of nitrogens with zero attached hydrogens (tertiary/aromatic N) is 2. The van der Waals surface area contributed by atoms with Crippen molar-refractivity contribution in [2.24, 2.45) is 5.41 Å². The Morgan fingerprint density at radius 1 is 1.50 bits per heavy atom. The van der Waals surface area contributed by atoms with E-state index in [2.05, 4.69) is 25.9 Å². The Bertz CT molecular complexity index is 467. The predicted octanol–water partition coefficient (Wildman–Crippen LogP) is 2.18. The van der Waals surface area contributed by atoms with Gasteiger partial charge in [0, 0.05) is 5.56 Å². The van der Waals surface area contributed by atoms with E-state index in [0.717, 1.165) is 24.8 Å². The van der Waals surface area contributed by atoms with Gasteiger partial charge in [-0.05, 0) is 24.7 Å². The molecule has 0 aliphatic heterocycles. The van der Waals surface area contributed by atoms with Crippen LogP contribution < -0.4 is 5.73 Å². The molecule has 100 valence electrons. The molecule has 0 radical (unpaired) electrons. The van der Waals surface area contributed by atoms with E-state index >= 15 is 0 Å². The van der Waals surface area contributed by atoms with Crippen molar-refractivity contribution in [2.75, 3.05) is 12.8 Å². The fourth-order valence-corrected chi connectivity index (χ4v) is 2.04. The number of carbonyl (C=O) groups is 1. The largest absolute Gasteiger partial charge is 0.464 e. The molecule has 0 unspecified atom stereocenters. The van der Waals surface area contributed by atoms with E-state index in [1.54, 1.807) is 4.68 Å². The second-order valence-electron chi connectivity index (χ2n) is 6.12. The van der Waals surface area contributed by atoms with Crippen molar-refractivity contribution in [3.8, 4) is 0 Å². The Balaban J connectivity index is 2.42. The second kappa shape index (κ2) is 4.30. The van der Waals surface area contributed by atoms with E-state index in [9.17, 15) is 4.79 Å². The number of carbonyl (C=O) groups excluding carboxylic acids is 1. The summed E-state index contributed by atoms with van der Waals surface area (Å²) in [5.41, 5.74) is 7.38. The van der Waals surface area contributed by atoms with Gasteiger partial charge in [-0.25, -0.2) is 9.48 Å². The van der Waals surface area contributed by atoms with E-state index < -0.39 is 5.97 Å². The molecule has 1 heterocycles. The Labute approximate surface area is 107 Å². The molecular formula is C13H21N3O2. The number of hydrogen-bond acceptors (Lipinski definition) is 4. The highest BCUT2D eigenvalue weighted by Gasteiger charge is 2.32. The van der Waals surface area contributed by atoms with Gasteiger partial charge < -0.3 is 10.5 Å². The third kappa shape index (κ3) is 2.49. The zero-order valence-corrected chi connectivity index (χ0v) is 11.5. The van der Waals surface area contributed by atoms with Crippen LogP contribution in [0.15, 0.2) is 0 Å². The lowest BCUT2D eigenvalue weighted by atomic mass is 9.88. The topological polar surface area (TPSA) is 70.1 Å². The average Bonchev–Trinajstić information content (AvgIpc) is 3.05. The molecule has 5 nitrogen and oxygen atoms in total. The van der Waals surface area contributed by atoms with Crippen molar-refractivity contribution in [1.29, 1.82) is 0 Å². The quantitative estimate of drug-likeness (QED) is 0.836. The van der Waals surface area contributed by atoms with E-state index in [0.29, 0.717) is 17.6 Å². The van der Waals surface area contributed by atoms with Gasteiger partial charge in [0.15, 0.2) is 5.69 Å². The molecule has 18 heavy (non-hydrogen) atoms. The minimum absolute atomic E-state index is 0.0499. The zero-order chi connectivity index (χ0) is 13.5. The Morgan fingerprint density at radius 2 is 2.11 bits per heavy atom. The van der Waals surface area contributed by atoms with E-state index in [1.807, 2.05) is 0 Å². The Kier molecular flexibility index (Phi) is 3.09. The number of nitrogens with two attached hydrogens (primary N) is 1. The molecule has 5 heteroatoms. The average molecular weight is 251 g/mol. The van der Waals surface area contributed by atoms with Crippen LogP contribution in [0, 0.1) is 5.41 Å². The van der Waals surface area contributed by atoms with Gasteiger partial charge in [0.25, 0.3) is 0 Å². The number of methoxy groups -OCH3 is 1. The zero-order valence-electron chi connectivity index (χ0n) is 11.5. The molecule has 1 aliphatic rings. The normalized spacial score (nSPS) is 15.8. The lowest BCUT2D eigenvalue weighted by molar-refractivity contribution is 0.0591. The molecular weight excluding hydrogens is 230 g/mol. The first kappa shape index (κ1) is 12.9. The molecule has 0 aromatic carbocycles. The van der Waals surface area contributed by atoms with Crippen LogP contribution >= 0.6 is 0 Å². The van der Waals surface area contributed by atoms with Crippen molar-refractivity contribution in [1.82, 2.24) is 9.78 Å². The van der Waals surface area contributed by atoms with Crippen molar-refractivity contribution < 1.29 is 9.53 Å². The van der Waals surface area contributed by atoms with Crippen LogP contribution in [0.2, 0.25) is 0 Å². The fraction of sp³-hybridized carbons (Fsp3) is 0.692. The molecule has 0 amide bonds. The minimum atomic E-state index is -0.402. The van der Waals surface area contributed by atoms with Gasteiger partial charge in [-0.15, -0.1) is 0 Å². The number of nitrogen functional groups attached to an aromatic ring is 1. The van der Waals surface area contributed by atoms with Crippen LogP contribution in [0.5, 0.6) is 0 Å². The highest BCUT2D eigenvalue weighted by Crippen LogP contribution is 2.39. The molecule has 1 aliphatic carbocycles. The van der Waals surface area contributed by atoms with E-state index in [1.165, 1.54) is 7.11 Å². The number of esters is 1. The van der Waals surface area contributed by atoms with Gasteiger partial charge in [0.05, 0.1) is 13.2 Å². The van der Waals surface area contributed by atoms with Gasteiger partial charge >= 0.3 is 5.97 Å². The highest BCUT2D eigenvalue weighted by molar-refractivity contribution is 5.90. The van der Waals surface area contributed by atoms with Gasteiger partial charge in [0.2, 0.25) is 0 Å². The van der Waals surface area contributed by atoms with Gasteiger partial charge in [-0.3, -0.25) is 0 Å². The van der Waals surface area contributed by atoms with Crippen molar-refractivity contribution >= 4 is 11.8 Å². The van der Waals surface area contributed by atoms with Crippen LogP contribution in [0.3, 0.4) is 0 Å². The van der Waals surface area contributed by atoms with Crippen molar-refractivity contribution in [2.45, 2.75) is 46.1 Å². The van der Waals surface area contributed by atoms with Crippen molar-refractivity contribution in [3.05, 3.63) is 11.3 Å². The van der Waals surface area contributed by atoms with Crippen LogP contribution in [-0.2, 0) is 11.2 Å². The summed E-state index contributed by atoms with van der Waals surface area (Å²) in [5, 5.41) is 4.34. The maximum atomic E-state index is 11.8. The molecule has 1 aromatic rings. The first-order valence-corrected chi connectivity index (χ1v) is 6.28. The molecule has 0 atom stereocenters. The molecule has 0 saturated heterocycles. The van der Waals surface area contributed by atoms with Crippen molar-refractivity contribution in [3.63, 3.8) is 0 Å². The molecule has 1 saturated carbocycles. The maximum Gasteiger partial charge on any atom is 0.358 e. The lowest BCUT2D eigenvalue weighted by Crippen LogP contribution is -2.14. The molecule has 0 spiro atoms. The summed E-state index contributed by atoms with van der Waals surface area (Å²) in [5.74, 6) is 0.216. The highest BCUT2D eigenvalue weighted by atomic mass is 16.5. The third-order valence-electron chi connectivity index (χ3n) is 3.03. The Hall–Kier alpha value is -1.52. The molecule has 2 rings (SSSR count). The summed E-state index contributed by atoms with van der Waals surface area (Å²) in [6.45, 7) is 6.34. The first-order valence-electron chi connectivity index (χ1n) is 6.28. The summed E-state index contributed by atoms with van der Waals surface area (Å²) in [4.78, 5) is 11.8. The van der Waals surface area contributed by atoms with E-state index in [-0.39, 0.29) is 5.41 Å². The summed E-state index contributed by atoms with van der Waals surface area (Å²) in [7, 11) is 1.37. The second-order valence-corrected chi connectivity index (χ2v) is 6.12. The first-order chi connectivity index (χ1) is 8.33. The monoisotopic (exact) mass is 251 g/mol. The standard InChI is InChI=1S/C13H21N3O2/c1-13(2,3)7-9-10(12(17)18-4)15-16(11(9)14)8-5-6-8/h8H,5-7,14H2,1-4H3. The number of ether oxygens (including phenoxy) is 1. The molecule has 1 fully saturated rings. The van der Waals surface area contributed by atoms with E-state index in [4.69, 9.17) is 10.5 Å². The SMILES string of the molecule is COC(=O)c1nn(C2CC2)c(N)c1CC(C)(C)C. The van der Waals surface area contributed by atoms with Gasteiger partial charge in [-0.2, -0.15) is 5.10 Å². The van der Waals surface area contributed by atoms with Gasteiger partial charge in [-0.1, -0.05) is 20.8 Å². The third-order valence-corrected chi connectivity index (χ3v) is 3.03. The summed E-state index contributed by atoms with van der Waals surface area (Å²) in [6.07, 6.45) is 2.89. The number of anilines is 1. The van der Waals surface area contributed by atoms with Crippen LogP contribution in [0.4, 0.5) is 5.82 Å². The maximum absolute atomic E-state index is 11.8. The van der Waals surface area contributed by atoms with Gasteiger partial charge in [0.1, 0.15) is 5.82 Å². The molecule has 1 aromatic heterocycles. The molecule has 0 bridgehead atoms. The predicted molar refractivity (Wildman–Crippen MR) is 69.4 cm³/mol. The van der Waals surface area contributed by atoms with Crippen LogP contribution in [0.25, 0.3) is 0 Å². The summed E-state index contributed by atoms with van der Waals surface area (Å²) in [6, 6.07) is 0.363. The summed E-state index contributed by atoms with van der Waals surface area (Å²) < 4.78 is 6.57. The minimum Gasteiger partial charge on any atom is -0.464 e. The number of rotatable bonds is 3. The van der Waals surface area contributed by atoms with Crippen LogP contribution in [0.1, 0.15) is 55.7 Å². The fourth-order valence-electron chi connectivity index (χ4n) is 2.04. The Morgan fingerprint density at radius 3 is 2.56 bits per heavy atom. The summed E-state index contributed by atoms with van der Waals surface area (Å²) >= 11 is 0. The smallest absolute Gasteiger partial charge is 0.358 e. The number of hydrogen-bond donors (Lipinski definition) is 1. The van der Waals surface area contributed by atoms with Crippen LogP contribution in [-0.4, -0.2) is 22.9 Å². The lowest BCUT2D eigenvalue weighted by Gasteiger charge is -2.18. The number of aromatic nitrogens is 2. The molecule has 2 N–H and O–H groups in total.